The second-order valence-electron chi connectivity index (χ2n) is 5.12. The molecule has 108 valence electrons. The average Bonchev–Trinajstić information content (AvgIpc) is 2.56. The lowest BCUT2D eigenvalue weighted by atomic mass is 9.92. The van der Waals surface area contributed by atoms with Crippen LogP contribution in [0, 0.1) is 0 Å². The Balaban J connectivity index is 2.49. The molecule has 0 amide bonds. The third-order valence-corrected chi connectivity index (χ3v) is 3.60. The molecule has 0 aromatic carbocycles. The normalized spacial score (nSPS) is 22.5. The molecule has 1 atom stereocenters. The number of nitrogens with two attached hydrogens (primary N) is 1. The molecule has 1 aliphatic rings. The van der Waals surface area contributed by atoms with Crippen LogP contribution in [0.15, 0.2) is 0 Å². The average molecular weight is 268 g/mol. The minimum atomic E-state index is -4.07. The van der Waals surface area contributed by atoms with Gasteiger partial charge in [-0.15, -0.1) is 0 Å². The molecule has 0 aromatic rings. The van der Waals surface area contributed by atoms with E-state index in [9.17, 15) is 13.2 Å². The van der Waals surface area contributed by atoms with Gasteiger partial charge in [-0.25, -0.2) is 0 Å². The molecule has 6 heteroatoms. The zero-order valence-electron chi connectivity index (χ0n) is 10.9. The van der Waals surface area contributed by atoms with E-state index in [-0.39, 0.29) is 12.0 Å². The molecule has 0 saturated carbocycles. The van der Waals surface area contributed by atoms with Gasteiger partial charge in [0.1, 0.15) is 0 Å². The van der Waals surface area contributed by atoms with Crippen molar-refractivity contribution >= 4 is 0 Å². The summed E-state index contributed by atoms with van der Waals surface area (Å²) in [5, 5.41) is 0. The first-order valence-corrected chi connectivity index (χ1v) is 6.47. The maximum absolute atomic E-state index is 12.2. The Morgan fingerprint density at radius 3 is 2.50 bits per heavy atom. The summed E-state index contributed by atoms with van der Waals surface area (Å²) in [5.41, 5.74) is 5.43. The molecular weight excluding hydrogens is 245 g/mol. The SMILES string of the molecule is CC(CN)(CCCC(F)(F)F)N1CCCOCC1. The van der Waals surface area contributed by atoms with Gasteiger partial charge >= 0.3 is 6.18 Å². The van der Waals surface area contributed by atoms with Gasteiger partial charge in [-0.05, 0) is 26.2 Å². The van der Waals surface area contributed by atoms with E-state index in [2.05, 4.69) is 4.90 Å². The molecule has 0 radical (unpaired) electrons. The van der Waals surface area contributed by atoms with Gasteiger partial charge in [0.2, 0.25) is 0 Å². The second-order valence-corrected chi connectivity index (χ2v) is 5.12. The van der Waals surface area contributed by atoms with Crippen molar-refractivity contribution in [3.8, 4) is 0 Å². The van der Waals surface area contributed by atoms with E-state index in [0.29, 0.717) is 19.6 Å². The van der Waals surface area contributed by atoms with Crippen molar-refractivity contribution in [2.24, 2.45) is 5.73 Å². The number of nitrogens with zero attached hydrogens (tertiary/aromatic N) is 1. The highest BCUT2D eigenvalue weighted by atomic mass is 19.4. The number of halogens is 3. The Bertz CT molecular complexity index is 240. The first-order chi connectivity index (χ1) is 8.37. The smallest absolute Gasteiger partial charge is 0.380 e. The van der Waals surface area contributed by atoms with Crippen LogP contribution in [0.25, 0.3) is 0 Å². The fraction of sp³-hybridized carbons (Fsp3) is 1.00. The molecule has 1 unspecified atom stereocenters. The molecule has 1 fully saturated rings. The van der Waals surface area contributed by atoms with Gasteiger partial charge < -0.3 is 10.5 Å². The number of hydrogen-bond acceptors (Lipinski definition) is 3. The largest absolute Gasteiger partial charge is 0.389 e. The molecule has 0 bridgehead atoms. The number of hydrogen-bond donors (Lipinski definition) is 1. The highest BCUT2D eigenvalue weighted by Crippen LogP contribution is 2.27. The second kappa shape index (κ2) is 6.73. The zero-order chi connectivity index (χ0) is 13.6. The predicted molar refractivity (Wildman–Crippen MR) is 64.4 cm³/mol. The molecule has 2 N–H and O–H groups in total. The minimum Gasteiger partial charge on any atom is -0.380 e. The van der Waals surface area contributed by atoms with Gasteiger partial charge in [-0.3, -0.25) is 4.90 Å². The standard InChI is InChI=1S/C12H23F3N2O/c1-11(10-16,4-2-5-12(13,14)15)17-6-3-8-18-9-7-17/h2-10,16H2,1H3. The number of ether oxygens (including phenoxy) is 1. The molecule has 1 heterocycles. The summed E-state index contributed by atoms with van der Waals surface area (Å²) >= 11 is 0. The topological polar surface area (TPSA) is 38.5 Å². The van der Waals surface area contributed by atoms with Crippen molar-refractivity contribution in [1.82, 2.24) is 4.90 Å². The molecular formula is C12H23F3N2O. The molecule has 0 aromatic heterocycles. The van der Waals surface area contributed by atoms with Crippen LogP contribution in [-0.4, -0.2) is 49.5 Å². The fourth-order valence-corrected chi connectivity index (χ4v) is 2.34. The van der Waals surface area contributed by atoms with E-state index in [0.717, 1.165) is 26.1 Å². The van der Waals surface area contributed by atoms with Gasteiger partial charge in [0.05, 0.1) is 6.61 Å². The van der Waals surface area contributed by atoms with Crippen LogP contribution < -0.4 is 5.73 Å². The van der Waals surface area contributed by atoms with Gasteiger partial charge in [-0.2, -0.15) is 13.2 Å². The maximum Gasteiger partial charge on any atom is 0.389 e. The fourth-order valence-electron chi connectivity index (χ4n) is 2.34. The lowest BCUT2D eigenvalue weighted by Crippen LogP contribution is -2.52. The van der Waals surface area contributed by atoms with Crippen LogP contribution in [0.3, 0.4) is 0 Å². The van der Waals surface area contributed by atoms with Gasteiger partial charge in [0.25, 0.3) is 0 Å². The summed E-state index contributed by atoms with van der Waals surface area (Å²) < 4.78 is 41.9. The third kappa shape index (κ3) is 5.12. The molecule has 0 aliphatic carbocycles. The summed E-state index contributed by atoms with van der Waals surface area (Å²) in [6.45, 7) is 5.29. The van der Waals surface area contributed by atoms with Gasteiger partial charge in [-0.1, -0.05) is 0 Å². The van der Waals surface area contributed by atoms with E-state index < -0.39 is 12.6 Å². The van der Waals surface area contributed by atoms with Crippen molar-refractivity contribution in [3.05, 3.63) is 0 Å². The lowest BCUT2D eigenvalue weighted by Gasteiger charge is -2.40. The maximum atomic E-state index is 12.2. The summed E-state index contributed by atoms with van der Waals surface area (Å²) in [7, 11) is 0. The van der Waals surface area contributed by atoms with E-state index >= 15 is 0 Å². The Labute approximate surface area is 106 Å². The summed E-state index contributed by atoms with van der Waals surface area (Å²) in [4.78, 5) is 2.18. The van der Waals surface area contributed by atoms with E-state index in [1.165, 1.54) is 0 Å². The van der Waals surface area contributed by atoms with Crippen LogP contribution in [0.2, 0.25) is 0 Å². The summed E-state index contributed by atoms with van der Waals surface area (Å²) in [5.74, 6) is 0. The first kappa shape index (κ1) is 15.7. The predicted octanol–water partition coefficient (Wildman–Crippen LogP) is 2.16. The van der Waals surface area contributed by atoms with E-state index in [4.69, 9.17) is 10.5 Å². The number of alkyl halides is 3. The molecule has 3 nitrogen and oxygen atoms in total. The molecule has 1 aliphatic heterocycles. The van der Waals surface area contributed by atoms with Crippen LogP contribution in [-0.2, 0) is 4.74 Å². The summed E-state index contributed by atoms with van der Waals surface area (Å²) in [6, 6.07) is 0. The van der Waals surface area contributed by atoms with Crippen LogP contribution in [0.1, 0.15) is 32.6 Å². The van der Waals surface area contributed by atoms with E-state index in [1.54, 1.807) is 0 Å². The lowest BCUT2D eigenvalue weighted by molar-refractivity contribution is -0.136. The van der Waals surface area contributed by atoms with Crippen molar-refractivity contribution in [2.75, 3.05) is 32.8 Å². The molecule has 18 heavy (non-hydrogen) atoms. The Morgan fingerprint density at radius 1 is 1.17 bits per heavy atom. The zero-order valence-corrected chi connectivity index (χ0v) is 10.9. The van der Waals surface area contributed by atoms with Gasteiger partial charge in [0, 0.05) is 38.2 Å². The van der Waals surface area contributed by atoms with Crippen molar-refractivity contribution in [3.63, 3.8) is 0 Å². The first-order valence-electron chi connectivity index (χ1n) is 6.47. The Hall–Kier alpha value is -0.330. The third-order valence-electron chi connectivity index (χ3n) is 3.60. The molecule has 0 spiro atoms. The van der Waals surface area contributed by atoms with E-state index in [1.807, 2.05) is 6.92 Å². The molecule has 1 saturated heterocycles. The molecule has 1 rings (SSSR count). The summed E-state index contributed by atoms with van der Waals surface area (Å²) in [6.07, 6.45) is -3.28. The van der Waals surface area contributed by atoms with Crippen molar-refractivity contribution in [1.29, 1.82) is 0 Å². The van der Waals surface area contributed by atoms with Gasteiger partial charge in [0.15, 0.2) is 0 Å². The van der Waals surface area contributed by atoms with Crippen molar-refractivity contribution < 1.29 is 17.9 Å². The Kier molecular flexibility index (Phi) is 5.88. The van der Waals surface area contributed by atoms with Crippen LogP contribution >= 0.6 is 0 Å². The minimum absolute atomic E-state index is 0.133. The Morgan fingerprint density at radius 2 is 1.89 bits per heavy atom. The quantitative estimate of drug-likeness (QED) is 0.830. The highest BCUT2D eigenvalue weighted by Gasteiger charge is 2.33. The van der Waals surface area contributed by atoms with Crippen molar-refractivity contribution in [2.45, 2.75) is 44.3 Å². The monoisotopic (exact) mass is 268 g/mol. The van der Waals surface area contributed by atoms with Crippen LogP contribution in [0.5, 0.6) is 0 Å². The van der Waals surface area contributed by atoms with Crippen LogP contribution in [0.4, 0.5) is 13.2 Å². The highest BCUT2D eigenvalue weighted by molar-refractivity contribution is 4.88. The number of rotatable bonds is 5.